The number of Topliss-reactive ketones (excluding diaryl/α,β-unsaturated/α-hetero) is 1. The number of ether oxygens (including phenoxy) is 6. The second-order valence-corrected chi connectivity index (χ2v) is 9.85. The second-order valence-electron chi connectivity index (χ2n) is 7.52. The number of aliphatic hydroxyl groups excluding tert-OH is 1. The SMILES string of the molecule is C.C.CCOC(C)Oc1cc(OC)c(C(C)=O)cc1I.CCOC(C)Oc1cc(OC)c(C(C)O)cc1I.[B].[H-].[Na+]. The Hall–Kier alpha value is -0.285. The first-order chi connectivity index (χ1) is 17.0. The Labute approximate surface area is 294 Å². The fourth-order valence-electron chi connectivity index (χ4n) is 3.11. The van der Waals surface area contributed by atoms with E-state index in [0.717, 1.165) is 12.7 Å². The molecule has 2 aromatic carbocycles. The molecule has 0 fully saturated rings. The van der Waals surface area contributed by atoms with Crippen molar-refractivity contribution in [1.29, 1.82) is 0 Å². The van der Waals surface area contributed by atoms with Crippen LogP contribution in [0.15, 0.2) is 24.3 Å². The molecule has 2 rings (SSSR count). The van der Waals surface area contributed by atoms with E-state index in [1.54, 1.807) is 32.2 Å². The summed E-state index contributed by atoms with van der Waals surface area (Å²) in [5.41, 5.74) is 1.30. The van der Waals surface area contributed by atoms with Crippen LogP contribution in [0.4, 0.5) is 0 Å². The van der Waals surface area contributed by atoms with Crippen molar-refractivity contribution in [3.05, 3.63) is 42.5 Å². The maximum Gasteiger partial charge on any atom is 1.00 e. The molecule has 0 saturated heterocycles. The number of aliphatic hydroxyl groups is 1. The second kappa shape index (κ2) is 24.2. The quantitative estimate of drug-likeness (QED) is 0.147. The van der Waals surface area contributed by atoms with Gasteiger partial charge in [0, 0.05) is 39.3 Å². The third-order valence-corrected chi connectivity index (χ3v) is 6.44. The minimum atomic E-state index is -0.577. The van der Waals surface area contributed by atoms with Crippen molar-refractivity contribution in [2.75, 3.05) is 27.4 Å². The van der Waals surface area contributed by atoms with Crippen molar-refractivity contribution in [3.8, 4) is 23.0 Å². The third-order valence-electron chi connectivity index (χ3n) is 4.76. The van der Waals surface area contributed by atoms with Crippen LogP contribution in [-0.2, 0) is 9.47 Å². The molecule has 0 aliphatic rings. The average Bonchev–Trinajstić information content (AvgIpc) is 2.81. The molecule has 0 aliphatic heterocycles. The summed E-state index contributed by atoms with van der Waals surface area (Å²) < 4.78 is 34.2. The molecule has 12 heteroatoms. The Morgan fingerprint density at radius 1 is 0.825 bits per heavy atom. The zero-order valence-corrected chi connectivity index (χ0v) is 29.9. The van der Waals surface area contributed by atoms with Crippen molar-refractivity contribution >= 4 is 59.4 Å². The van der Waals surface area contributed by atoms with Gasteiger partial charge in [-0.05, 0) is 98.9 Å². The molecule has 0 saturated carbocycles. The van der Waals surface area contributed by atoms with Crippen molar-refractivity contribution in [2.24, 2.45) is 0 Å². The number of hydrogen-bond acceptors (Lipinski definition) is 8. The number of halogens is 2. The minimum absolute atomic E-state index is 0. The summed E-state index contributed by atoms with van der Waals surface area (Å²) in [4.78, 5) is 11.5. The topological polar surface area (TPSA) is 92.7 Å². The summed E-state index contributed by atoms with van der Waals surface area (Å²) in [6, 6.07) is 7.11. The van der Waals surface area contributed by atoms with Crippen LogP contribution in [0.3, 0.4) is 0 Å². The fourth-order valence-corrected chi connectivity index (χ4v) is 4.32. The van der Waals surface area contributed by atoms with Crippen LogP contribution in [0.25, 0.3) is 0 Å². The number of ketones is 1. The van der Waals surface area contributed by atoms with Gasteiger partial charge in [0.05, 0.1) is 33.0 Å². The Morgan fingerprint density at radius 3 is 1.57 bits per heavy atom. The van der Waals surface area contributed by atoms with E-state index in [4.69, 9.17) is 28.4 Å². The normalized spacial score (nSPS) is 11.8. The smallest absolute Gasteiger partial charge is 1.00 e. The van der Waals surface area contributed by atoms with Crippen LogP contribution >= 0.6 is 45.2 Å². The maximum absolute atomic E-state index is 11.5. The Kier molecular flexibility index (Phi) is 28.2. The van der Waals surface area contributed by atoms with Crippen molar-refractivity contribution in [1.82, 2.24) is 0 Å². The monoisotopic (exact) mass is 797 g/mol. The standard InChI is InChI=1S/C13H19IO4.C13H17IO4.2CH4.B.Na.H/c2*1-5-17-9(3)18-13-7-12(16-4)10(8(2)15)6-11(13)14;;;;;/h6-9,15H,5H2,1-4H3;6-7,9H,5H2,1-4H3;2*1H4;;;/q;;;;;+1;-1. The first-order valence-electron chi connectivity index (χ1n) is 11.5. The molecule has 1 N–H and O–H groups in total. The Morgan fingerprint density at radius 2 is 1.23 bits per heavy atom. The summed E-state index contributed by atoms with van der Waals surface area (Å²) in [5, 5.41) is 9.67. The summed E-state index contributed by atoms with van der Waals surface area (Å²) in [6.07, 6.45) is -1.23. The maximum atomic E-state index is 11.5. The minimum Gasteiger partial charge on any atom is -1.00 e. The van der Waals surface area contributed by atoms with Crippen molar-refractivity contribution in [2.45, 2.75) is 75.1 Å². The van der Waals surface area contributed by atoms with E-state index in [9.17, 15) is 9.90 Å². The predicted octanol–water partition coefficient (Wildman–Crippen LogP) is 4.39. The molecule has 2 aromatic rings. The van der Waals surface area contributed by atoms with Gasteiger partial charge in [-0.25, -0.2) is 0 Å². The molecule has 3 atom stereocenters. The number of benzene rings is 2. The van der Waals surface area contributed by atoms with E-state index in [0.29, 0.717) is 41.8 Å². The molecule has 0 spiro atoms. The number of methoxy groups -OCH3 is 2. The molecule has 0 aliphatic carbocycles. The Bertz CT molecular complexity index is 1000. The van der Waals surface area contributed by atoms with Gasteiger partial charge in [-0.3, -0.25) is 4.79 Å². The summed E-state index contributed by atoms with van der Waals surface area (Å²) in [5.74, 6) is 2.44. The van der Waals surface area contributed by atoms with Gasteiger partial charge in [-0.1, -0.05) is 14.9 Å². The Balaban J connectivity index is -0.000000188. The predicted molar refractivity (Wildman–Crippen MR) is 176 cm³/mol. The van der Waals surface area contributed by atoms with Gasteiger partial charge in [-0.2, -0.15) is 0 Å². The van der Waals surface area contributed by atoms with Crippen LogP contribution in [0.1, 0.15) is 79.8 Å². The summed E-state index contributed by atoms with van der Waals surface area (Å²) in [6.45, 7) is 11.9. The molecule has 0 heterocycles. The molecule has 0 amide bonds. The van der Waals surface area contributed by atoms with Crippen LogP contribution in [-0.4, -0.2) is 59.3 Å². The number of rotatable bonds is 12. The van der Waals surface area contributed by atoms with Gasteiger partial charge >= 0.3 is 29.6 Å². The van der Waals surface area contributed by atoms with Gasteiger partial charge in [0.1, 0.15) is 23.0 Å². The van der Waals surface area contributed by atoms with Crippen LogP contribution in [0, 0.1) is 7.14 Å². The van der Waals surface area contributed by atoms with Gasteiger partial charge in [-0.15, -0.1) is 0 Å². The van der Waals surface area contributed by atoms with E-state index in [2.05, 4.69) is 45.2 Å². The van der Waals surface area contributed by atoms with Gasteiger partial charge in [0.15, 0.2) is 18.4 Å². The molecule has 223 valence electrons. The molecule has 8 nitrogen and oxygen atoms in total. The summed E-state index contributed by atoms with van der Waals surface area (Å²) >= 11 is 4.29. The number of hydrogen-bond donors (Lipinski definition) is 1. The first kappa shape index (κ1) is 46.7. The largest absolute Gasteiger partial charge is 1.00 e. The van der Waals surface area contributed by atoms with Crippen LogP contribution in [0.5, 0.6) is 23.0 Å². The fraction of sp³-hybridized carbons (Fsp3) is 0.536. The zero-order valence-electron chi connectivity index (χ0n) is 24.6. The average molecular weight is 797 g/mol. The number of carbonyl (C=O) groups is 1. The van der Waals surface area contributed by atoms with E-state index in [1.807, 2.05) is 33.8 Å². The van der Waals surface area contributed by atoms with Crippen molar-refractivity contribution < 1.29 is 69.3 Å². The van der Waals surface area contributed by atoms with E-state index < -0.39 is 6.10 Å². The molecular formula is C28H45BI2NaO8. The van der Waals surface area contributed by atoms with Gasteiger partial charge in [0.25, 0.3) is 0 Å². The zero-order chi connectivity index (χ0) is 27.4. The van der Waals surface area contributed by atoms with Crippen molar-refractivity contribution in [3.63, 3.8) is 0 Å². The molecule has 0 bridgehead atoms. The third kappa shape index (κ3) is 15.3. The number of carbonyl (C=O) groups excluding carboxylic acids is 1. The molecular weight excluding hydrogens is 752 g/mol. The molecule has 0 aromatic heterocycles. The van der Waals surface area contributed by atoms with E-state index in [1.165, 1.54) is 14.0 Å². The van der Waals surface area contributed by atoms with Gasteiger partial charge in [0.2, 0.25) is 0 Å². The van der Waals surface area contributed by atoms with E-state index in [-0.39, 0.29) is 72.6 Å². The van der Waals surface area contributed by atoms with E-state index >= 15 is 0 Å². The molecule has 3 radical (unpaired) electrons. The van der Waals surface area contributed by atoms with Crippen LogP contribution < -0.4 is 48.5 Å². The first-order valence-corrected chi connectivity index (χ1v) is 13.6. The van der Waals surface area contributed by atoms with Crippen LogP contribution in [0.2, 0.25) is 0 Å². The molecule has 40 heavy (non-hydrogen) atoms. The van der Waals surface area contributed by atoms with Gasteiger partial charge < -0.3 is 35.0 Å². The summed E-state index contributed by atoms with van der Waals surface area (Å²) in [7, 11) is 3.11. The molecule has 3 unspecified atom stereocenters.